The SMILES string of the molecule is Nc1ccc2cn[nH]c2c1N. The number of rotatable bonds is 0. The Hall–Kier alpha value is -1.71. The van der Waals surface area contributed by atoms with Crippen LogP contribution in [0.4, 0.5) is 11.4 Å². The molecule has 0 saturated heterocycles. The maximum atomic E-state index is 5.67. The van der Waals surface area contributed by atoms with Crippen molar-refractivity contribution in [2.75, 3.05) is 11.5 Å². The number of hydrogen-bond donors (Lipinski definition) is 3. The zero-order valence-electron chi connectivity index (χ0n) is 5.83. The predicted molar refractivity (Wildman–Crippen MR) is 44.9 cm³/mol. The van der Waals surface area contributed by atoms with Crippen LogP contribution in [-0.2, 0) is 0 Å². The van der Waals surface area contributed by atoms with Crippen molar-refractivity contribution < 1.29 is 0 Å². The van der Waals surface area contributed by atoms with Crippen molar-refractivity contribution in [3.8, 4) is 0 Å². The van der Waals surface area contributed by atoms with Gasteiger partial charge in [0.15, 0.2) is 0 Å². The van der Waals surface area contributed by atoms with Crippen molar-refractivity contribution in [3.05, 3.63) is 18.3 Å². The van der Waals surface area contributed by atoms with Crippen molar-refractivity contribution in [1.29, 1.82) is 0 Å². The van der Waals surface area contributed by atoms with Gasteiger partial charge in [-0.15, -0.1) is 0 Å². The number of H-pyrrole nitrogens is 1. The van der Waals surface area contributed by atoms with E-state index in [4.69, 9.17) is 11.5 Å². The lowest BCUT2D eigenvalue weighted by atomic mass is 10.2. The van der Waals surface area contributed by atoms with Gasteiger partial charge in [-0.05, 0) is 12.1 Å². The molecule has 0 radical (unpaired) electrons. The van der Waals surface area contributed by atoms with Crippen LogP contribution in [0.2, 0.25) is 0 Å². The van der Waals surface area contributed by atoms with E-state index < -0.39 is 0 Å². The lowest BCUT2D eigenvalue weighted by molar-refractivity contribution is 1.12. The lowest BCUT2D eigenvalue weighted by Gasteiger charge is -1.98. The average Bonchev–Trinajstić information content (AvgIpc) is 2.45. The summed E-state index contributed by atoms with van der Waals surface area (Å²) in [5.41, 5.74) is 13.2. The maximum Gasteiger partial charge on any atom is 0.0900 e. The van der Waals surface area contributed by atoms with E-state index in [-0.39, 0.29) is 0 Å². The molecule has 0 aliphatic carbocycles. The van der Waals surface area contributed by atoms with E-state index in [0.717, 1.165) is 10.9 Å². The second-order valence-corrected chi connectivity index (χ2v) is 2.40. The first-order chi connectivity index (χ1) is 5.29. The Morgan fingerprint density at radius 3 is 2.91 bits per heavy atom. The minimum absolute atomic E-state index is 0.569. The third-order valence-corrected chi connectivity index (χ3v) is 1.69. The minimum Gasteiger partial charge on any atom is -0.397 e. The van der Waals surface area contributed by atoms with Crippen molar-refractivity contribution in [1.82, 2.24) is 10.2 Å². The Balaban J connectivity index is 2.93. The van der Waals surface area contributed by atoms with Gasteiger partial charge in [0.2, 0.25) is 0 Å². The molecule has 0 fully saturated rings. The van der Waals surface area contributed by atoms with Crippen molar-refractivity contribution in [3.63, 3.8) is 0 Å². The monoisotopic (exact) mass is 148 g/mol. The average molecular weight is 148 g/mol. The number of nitrogen functional groups attached to an aromatic ring is 2. The van der Waals surface area contributed by atoms with Crippen molar-refractivity contribution in [2.45, 2.75) is 0 Å². The summed E-state index contributed by atoms with van der Waals surface area (Å²) in [6.45, 7) is 0. The van der Waals surface area contributed by atoms with Gasteiger partial charge in [-0.2, -0.15) is 5.10 Å². The van der Waals surface area contributed by atoms with E-state index in [1.807, 2.05) is 6.07 Å². The fraction of sp³-hybridized carbons (Fsp3) is 0. The van der Waals surface area contributed by atoms with Crippen LogP contribution in [0.25, 0.3) is 10.9 Å². The molecule has 0 atom stereocenters. The maximum absolute atomic E-state index is 5.67. The van der Waals surface area contributed by atoms with Crippen LogP contribution < -0.4 is 11.5 Å². The summed E-state index contributed by atoms with van der Waals surface area (Å²) in [6, 6.07) is 3.65. The molecule has 1 aromatic heterocycles. The summed E-state index contributed by atoms with van der Waals surface area (Å²) in [5, 5.41) is 7.60. The van der Waals surface area contributed by atoms with Gasteiger partial charge in [0.05, 0.1) is 23.1 Å². The van der Waals surface area contributed by atoms with Gasteiger partial charge in [0, 0.05) is 5.39 Å². The first-order valence-electron chi connectivity index (χ1n) is 3.26. The highest BCUT2D eigenvalue weighted by Crippen LogP contribution is 2.23. The molecular formula is C7H8N4. The zero-order valence-corrected chi connectivity index (χ0v) is 5.83. The number of nitrogens with two attached hydrogens (primary N) is 2. The van der Waals surface area contributed by atoms with Gasteiger partial charge < -0.3 is 11.5 Å². The Morgan fingerprint density at radius 2 is 2.09 bits per heavy atom. The number of nitrogens with one attached hydrogen (secondary N) is 1. The topological polar surface area (TPSA) is 80.7 Å². The van der Waals surface area contributed by atoms with Gasteiger partial charge in [-0.3, -0.25) is 5.10 Å². The zero-order chi connectivity index (χ0) is 7.84. The molecule has 2 aromatic rings. The van der Waals surface area contributed by atoms with Crippen LogP contribution in [0.1, 0.15) is 0 Å². The van der Waals surface area contributed by atoms with Crippen LogP contribution in [0.15, 0.2) is 18.3 Å². The molecular weight excluding hydrogens is 140 g/mol. The standard InChI is InChI=1S/C7H8N4/c8-5-2-1-4-3-10-11-7(4)6(5)9/h1-3H,8-9H2,(H,10,11). The van der Waals surface area contributed by atoms with E-state index in [1.165, 1.54) is 0 Å². The Morgan fingerprint density at radius 1 is 1.27 bits per heavy atom. The third kappa shape index (κ3) is 0.724. The van der Waals surface area contributed by atoms with Gasteiger partial charge in [0.25, 0.3) is 0 Å². The summed E-state index contributed by atoms with van der Waals surface area (Å²) < 4.78 is 0. The quantitative estimate of drug-likeness (QED) is 0.482. The van der Waals surface area contributed by atoms with E-state index in [1.54, 1.807) is 12.3 Å². The fourth-order valence-corrected chi connectivity index (χ4v) is 1.05. The smallest absolute Gasteiger partial charge is 0.0900 e. The molecule has 0 saturated carbocycles. The van der Waals surface area contributed by atoms with Gasteiger partial charge >= 0.3 is 0 Å². The van der Waals surface area contributed by atoms with E-state index in [0.29, 0.717) is 11.4 Å². The summed E-state index contributed by atoms with van der Waals surface area (Å²) in [4.78, 5) is 0. The molecule has 56 valence electrons. The first kappa shape index (κ1) is 6.03. The second-order valence-electron chi connectivity index (χ2n) is 2.40. The van der Waals surface area contributed by atoms with Gasteiger partial charge in [0.1, 0.15) is 0 Å². The molecule has 0 aliphatic heterocycles. The highest BCUT2D eigenvalue weighted by Gasteiger charge is 2.01. The second kappa shape index (κ2) is 1.88. The summed E-state index contributed by atoms with van der Waals surface area (Å²) in [6.07, 6.45) is 1.71. The molecule has 0 unspecified atom stereocenters. The molecule has 1 aromatic carbocycles. The molecule has 1 heterocycles. The summed E-state index contributed by atoms with van der Waals surface area (Å²) >= 11 is 0. The Kier molecular flexibility index (Phi) is 1.03. The van der Waals surface area contributed by atoms with Crippen molar-refractivity contribution >= 4 is 22.3 Å². The van der Waals surface area contributed by atoms with E-state index in [2.05, 4.69) is 10.2 Å². The highest BCUT2D eigenvalue weighted by molar-refractivity contribution is 5.94. The number of fused-ring (bicyclic) bond motifs is 1. The van der Waals surface area contributed by atoms with Gasteiger partial charge in [-0.1, -0.05) is 0 Å². The van der Waals surface area contributed by atoms with E-state index >= 15 is 0 Å². The van der Waals surface area contributed by atoms with E-state index in [9.17, 15) is 0 Å². The van der Waals surface area contributed by atoms with Gasteiger partial charge in [-0.25, -0.2) is 0 Å². The molecule has 4 nitrogen and oxygen atoms in total. The number of anilines is 2. The number of benzene rings is 1. The summed E-state index contributed by atoms with van der Waals surface area (Å²) in [5.74, 6) is 0. The molecule has 0 spiro atoms. The predicted octanol–water partition coefficient (Wildman–Crippen LogP) is 0.727. The lowest BCUT2D eigenvalue weighted by Crippen LogP contribution is -1.94. The van der Waals surface area contributed by atoms with Crippen molar-refractivity contribution in [2.24, 2.45) is 0 Å². The normalized spacial score (nSPS) is 10.5. The van der Waals surface area contributed by atoms with Crippen LogP contribution >= 0.6 is 0 Å². The molecule has 4 heteroatoms. The third-order valence-electron chi connectivity index (χ3n) is 1.69. The molecule has 0 aliphatic rings. The number of aromatic amines is 1. The fourth-order valence-electron chi connectivity index (χ4n) is 1.05. The van der Waals surface area contributed by atoms with Crippen LogP contribution in [-0.4, -0.2) is 10.2 Å². The molecule has 2 rings (SSSR count). The Bertz CT molecular complexity index is 390. The summed E-state index contributed by atoms with van der Waals surface area (Å²) in [7, 11) is 0. The number of aromatic nitrogens is 2. The highest BCUT2D eigenvalue weighted by atomic mass is 15.1. The molecule has 0 bridgehead atoms. The minimum atomic E-state index is 0.569. The first-order valence-corrected chi connectivity index (χ1v) is 3.26. The Labute approximate surface area is 63.2 Å². The number of hydrogen-bond acceptors (Lipinski definition) is 3. The number of nitrogens with zero attached hydrogens (tertiary/aromatic N) is 1. The molecule has 5 N–H and O–H groups in total. The van der Waals surface area contributed by atoms with Crippen LogP contribution in [0.3, 0.4) is 0 Å². The van der Waals surface area contributed by atoms with Crippen LogP contribution in [0, 0.1) is 0 Å². The van der Waals surface area contributed by atoms with Crippen LogP contribution in [0.5, 0.6) is 0 Å². The molecule has 11 heavy (non-hydrogen) atoms. The molecule has 0 amide bonds. The largest absolute Gasteiger partial charge is 0.397 e.